The molecule has 1 unspecified atom stereocenters. The van der Waals surface area contributed by atoms with E-state index in [9.17, 15) is 14.7 Å². The molecule has 0 aromatic heterocycles. The number of carbonyl (C=O) groups excluding carboxylic acids is 2. The highest BCUT2D eigenvalue weighted by Gasteiger charge is 2.30. The molecule has 0 aromatic rings. The first kappa shape index (κ1) is 12.3. The van der Waals surface area contributed by atoms with E-state index in [1.165, 1.54) is 0 Å². The lowest BCUT2D eigenvalue weighted by atomic mass is 10.1. The molecule has 0 radical (unpaired) electrons. The van der Waals surface area contributed by atoms with Gasteiger partial charge in [-0.15, -0.1) is 0 Å². The zero-order chi connectivity index (χ0) is 12.4. The van der Waals surface area contributed by atoms with Gasteiger partial charge in [0, 0.05) is 32.6 Å². The molecule has 2 heterocycles. The summed E-state index contributed by atoms with van der Waals surface area (Å²) in [5, 5.41) is 18.3. The molecule has 2 fully saturated rings. The van der Waals surface area contributed by atoms with Crippen LogP contribution in [0.2, 0.25) is 0 Å². The molecule has 6 nitrogen and oxygen atoms in total. The maximum atomic E-state index is 11.6. The second-order valence-corrected chi connectivity index (χ2v) is 4.69. The third kappa shape index (κ3) is 2.76. The van der Waals surface area contributed by atoms with Crippen molar-refractivity contribution in [2.45, 2.75) is 31.5 Å². The molecule has 2 amide bonds. The molecule has 0 aliphatic carbocycles. The monoisotopic (exact) mass is 242 g/mol. The zero-order valence-electron chi connectivity index (χ0n) is 9.71. The van der Waals surface area contributed by atoms with Gasteiger partial charge in [-0.3, -0.25) is 9.59 Å². The summed E-state index contributed by atoms with van der Waals surface area (Å²) < 4.78 is 0. The van der Waals surface area contributed by atoms with Gasteiger partial charge in [0.25, 0.3) is 5.91 Å². The number of aliphatic hydroxyl groups excluding tert-OH is 2. The van der Waals surface area contributed by atoms with E-state index >= 15 is 0 Å². The summed E-state index contributed by atoms with van der Waals surface area (Å²) in [5.41, 5.74) is 0. The highest BCUT2D eigenvalue weighted by Crippen LogP contribution is 2.13. The van der Waals surface area contributed by atoms with E-state index in [1.54, 1.807) is 9.80 Å². The highest BCUT2D eigenvalue weighted by molar-refractivity contribution is 5.82. The molecule has 96 valence electrons. The van der Waals surface area contributed by atoms with E-state index in [1.807, 2.05) is 0 Å². The molecule has 0 bridgehead atoms. The maximum Gasteiger partial charge on any atom is 0.251 e. The molecule has 0 aromatic carbocycles. The normalized spacial score (nSPS) is 25.3. The first-order chi connectivity index (χ1) is 8.08. The predicted octanol–water partition coefficient (Wildman–Crippen LogP) is -1.44. The summed E-state index contributed by atoms with van der Waals surface area (Å²) >= 11 is 0. The average Bonchev–Trinajstić information content (AvgIpc) is 2.56. The summed E-state index contributed by atoms with van der Waals surface area (Å²) in [6.07, 6.45) is 0.284. The third-order valence-electron chi connectivity index (χ3n) is 3.30. The molecule has 0 saturated carbocycles. The molecule has 17 heavy (non-hydrogen) atoms. The van der Waals surface area contributed by atoms with Crippen molar-refractivity contribution in [3.05, 3.63) is 0 Å². The number of likely N-dealkylation sites (tertiary alicyclic amines) is 2. The van der Waals surface area contributed by atoms with Crippen LogP contribution in [-0.2, 0) is 9.59 Å². The first-order valence-corrected chi connectivity index (χ1v) is 6.00. The first-order valence-electron chi connectivity index (χ1n) is 6.00. The number of rotatable bonds is 4. The van der Waals surface area contributed by atoms with Gasteiger partial charge in [-0.25, -0.2) is 0 Å². The molecule has 1 atom stereocenters. The Morgan fingerprint density at radius 1 is 1.35 bits per heavy atom. The lowest BCUT2D eigenvalue weighted by Crippen LogP contribution is -2.53. The molecule has 2 aliphatic rings. The van der Waals surface area contributed by atoms with E-state index in [4.69, 9.17) is 5.11 Å². The minimum Gasteiger partial charge on any atom is -0.389 e. The van der Waals surface area contributed by atoms with Crippen LogP contribution in [0.15, 0.2) is 0 Å². The van der Waals surface area contributed by atoms with Crippen molar-refractivity contribution in [2.24, 2.45) is 0 Å². The fourth-order valence-electron chi connectivity index (χ4n) is 2.18. The predicted molar refractivity (Wildman–Crippen MR) is 59.0 cm³/mol. The Hall–Kier alpha value is -1.14. The van der Waals surface area contributed by atoms with Crippen LogP contribution in [-0.4, -0.2) is 70.2 Å². The van der Waals surface area contributed by atoms with Crippen molar-refractivity contribution in [3.63, 3.8) is 0 Å². The standard InChI is InChI=1S/C11H18N2O4/c14-8-6-13(7-8)10(16)2-1-4-12-5-3-9(15)11(12)17/h8-9,14-15H,1-7H2. The zero-order valence-corrected chi connectivity index (χ0v) is 9.71. The van der Waals surface area contributed by atoms with Crippen LogP contribution in [0.25, 0.3) is 0 Å². The SMILES string of the molecule is O=C(CCCN1CCC(O)C1=O)N1CC(O)C1. The number of amides is 2. The Morgan fingerprint density at radius 2 is 2.06 bits per heavy atom. The van der Waals surface area contributed by atoms with Crippen molar-refractivity contribution in [1.29, 1.82) is 0 Å². The smallest absolute Gasteiger partial charge is 0.251 e. The van der Waals surface area contributed by atoms with E-state index in [2.05, 4.69) is 0 Å². The van der Waals surface area contributed by atoms with Gasteiger partial charge in [0.05, 0.1) is 6.10 Å². The molecular formula is C11H18N2O4. The largest absolute Gasteiger partial charge is 0.389 e. The second-order valence-electron chi connectivity index (χ2n) is 4.69. The van der Waals surface area contributed by atoms with Gasteiger partial charge >= 0.3 is 0 Å². The summed E-state index contributed by atoms with van der Waals surface area (Å²) in [7, 11) is 0. The Balaban J connectivity index is 1.63. The molecule has 0 spiro atoms. The van der Waals surface area contributed by atoms with Gasteiger partial charge in [-0.1, -0.05) is 0 Å². The van der Waals surface area contributed by atoms with Crippen LogP contribution < -0.4 is 0 Å². The number of hydrogen-bond acceptors (Lipinski definition) is 4. The van der Waals surface area contributed by atoms with Gasteiger partial charge in [-0.2, -0.15) is 0 Å². The number of nitrogens with zero attached hydrogens (tertiary/aromatic N) is 2. The van der Waals surface area contributed by atoms with Crippen LogP contribution in [0.5, 0.6) is 0 Å². The van der Waals surface area contributed by atoms with Crippen molar-refractivity contribution in [1.82, 2.24) is 9.80 Å². The topological polar surface area (TPSA) is 81.1 Å². The number of hydrogen-bond donors (Lipinski definition) is 2. The summed E-state index contributed by atoms with van der Waals surface area (Å²) in [4.78, 5) is 26.1. The maximum absolute atomic E-state index is 11.6. The second kappa shape index (κ2) is 5.01. The fourth-order valence-corrected chi connectivity index (χ4v) is 2.18. The molecule has 2 N–H and O–H groups in total. The Morgan fingerprint density at radius 3 is 2.59 bits per heavy atom. The molecule has 2 rings (SSSR count). The fraction of sp³-hybridized carbons (Fsp3) is 0.818. The lowest BCUT2D eigenvalue weighted by molar-refractivity contribution is -0.142. The van der Waals surface area contributed by atoms with Crippen molar-refractivity contribution >= 4 is 11.8 Å². The van der Waals surface area contributed by atoms with Gasteiger partial charge < -0.3 is 20.0 Å². The van der Waals surface area contributed by atoms with Crippen LogP contribution >= 0.6 is 0 Å². The van der Waals surface area contributed by atoms with Gasteiger partial charge in [0.2, 0.25) is 5.91 Å². The minimum atomic E-state index is -0.851. The van der Waals surface area contributed by atoms with Gasteiger partial charge in [-0.05, 0) is 12.8 Å². The van der Waals surface area contributed by atoms with Crippen LogP contribution in [0.4, 0.5) is 0 Å². The third-order valence-corrected chi connectivity index (χ3v) is 3.30. The summed E-state index contributed by atoms with van der Waals surface area (Å²) in [6, 6.07) is 0. The number of β-amino-alcohol motifs (C(OH)–C–C–N with tert-alkyl or cyclic N) is 1. The van der Waals surface area contributed by atoms with E-state index < -0.39 is 6.10 Å². The Kier molecular flexibility index (Phi) is 3.63. The number of aliphatic hydroxyl groups is 2. The summed E-state index contributed by atoms with van der Waals surface area (Å²) in [5.74, 6) is -0.195. The van der Waals surface area contributed by atoms with Gasteiger partial charge in [0.1, 0.15) is 6.10 Å². The quantitative estimate of drug-likeness (QED) is 0.633. The van der Waals surface area contributed by atoms with Gasteiger partial charge in [0.15, 0.2) is 0 Å². The van der Waals surface area contributed by atoms with E-state index in [0.717, 1.165) is 0 Å². The average molecular weight is 242 g/mol. The molecule has 2 saturated heterocycles. The lowest BCUT2D eigenvalue weighted by Gasteiger charge is -2.36. The highest BCUT2D eigenvalue weighted by atomic mass is 16.3. The molecule has 2 aliphatic heterocycles. The van der Waals surface area contributed by atoms with Crippen LogP contribution in [0.3, 0.4) is 0 Å². The van der Waals surface area contributed by atoms with Crippen LogP contribution in [0, 0.1) is 0 Å². The Labute approximate surface area is 99.8 Å². The van der Waals surface area contributed by atoms with Crippen molar-refractivity contribution in [2.75, 3.05) is 26.2 Å². The molecular weight excluding hydrogens is 224 g/mol. The van der Waals surface area contributed by atoms with E-state index in [0.29, 0.717) is 45.4 Å². The Bertz CT molecular complexity index is 315. The minimum absolute atomic E-state index is 0.0301. The van der Waals surface area contributed by atoms with Crippen molar-refractivity contribution < 1.29 is 19.8 Å². The van der Waals surface area contributed by atoms with E-state index in [-0.39, 0.29) is 17.9 Å². The summed E-state index contributed by atoms with van der Waals surface area (Å²) in [6.45, 7) is 1.97. The molecule has 6 heteroatoms. The number of carbonyl (C=O) groups is 2. The van der Waals surface area contributed by atoms with Crippen molar-refractivity contribution in [3.8, 4) is 0 Å². The van der Waals surface area contributed by atoms with Crippen LogP contribution in [0.1, 0.15) is 19.3 Å².